The summed E-state index contributed by atoms with van der Waals surface area (Å²) in [5, 5.41) is 2.71. The van der Waals surface area contributed by atoms with E-state index in [9.17, 15) is 0 Å². The van der Waals surface area contributed by atoms with Crippen LogP contribution in [0.4, 0.5) is 0 Å². The summed E-state index contributed by atoms with van der Waals surface area (Å²) < 4.78 is 0. The molecule has 0 saturated heterocycles. The fourth-order valence-corrected chi connectivity index (χ4v) is 0.177. The second-order valence-corrected chi connectivity index (χ2v) is 0.905. The second kappa shape index (κ2) is 4.36. The van der Waals surface area contributed by atoms with Crippen LogP contribution in [0.15, 0.2) is 0 Å². The van der Waals surface area contributed by atoms with E-state index in [1.165, 1.54) is 0 Å². The number of rotatable bonds is 0. The molecule has 0 unspecified atom stereocenters. The monoisotopic (exact) mass is 83.1 g/mol. The van der Waals surface area contributed by atoms with E-state index in [0.717, 1.165) is 6.42 Å². The van der Waals surface area contributed by atoms with Crippen molar-refractivity contribution in [2.45, 2.75) is 13.3 Å². The molecule has 0 aromatic rings. The Balaban J connectivity index is 2.90. The molecular weight excluding hydrogens is 74.1 g/mol. The highest BCUT2D eigenvalue weighted by Gasteiger charge is 1.53. The summed E-state index contributed by atoms with van der Waals surface area (Å²) >= 11 is 0. The smallest absolute Gasteiger partial charge is 0.0116 e. The van der Waals surface area contributed by atoms with E-state index >= 15 is 0 Å². The van der Waals surface area contributed by atoms with Crippen molar-refractivity contribution in [3.63, 3.8) is 0 Å². The van der Waals surface area contributed by atoms with E-state index in [2.05, 4.69) is 17.3 Å². The lowest BCUT2D eigenvalue weighted by Gasteiger charge is -1.71. The molecule has 0 aliphatic rings. The molecule has 0 saturated carbocycles. The van der Waals surface area contributed by atoms with Crippen molar-refractivity contribution in [1.29, 1.82) is 0 Å². The standard InChI is InChI=1S/C5H9N/c1-3-4-5-6-2/h6H,3H2,1-2H3. The molecule has 0 aliphatic heterocycles. The molecular formula is C5H9N. The predicted molar refractivity (Wildman–Crippen MR) is 27.1 cm³/mol. The van der Waals surface area contributed by atoms with Gasteiger partial charge in [-0.25, -0.2) is 0 Å². The molecule has 1 nitrogen and oxygen atoms in total. The van der Waals surface area contributed by atoms with Crippen LogP contribution < -0.4 is 5.32 Å². The van der Waals surface area contributed by atoms with Crippen molar-refractivity contribution in [3.8, 4) is 12.0 Å². The third-order valence-corrected chi connectivity index (χ3v) is 0.390. The fourth-order valence-electron chi connectivity index (χ4n) is 0.177. The molecule has 0 spiro atoms. The number of nitrogens with one attached hydrogen (secondary N) is 1. The SMILES string of the molecule is CCC#CNC. The van der Waals surface area contributed by atoms with Crippen LogP contribution in [0.25, 0.3) is 0 Å². The molecule has 0 fully saturated rings. The quantitative estimate of drug-likeness (QED) is 0.333. The van der Waals surface area contributed by atoms with Gasteiger partial charge in [0.2, 0.25) is 0 Å². The Morgan fingerprint density at radius 1 is 1.67 bits per heavy atom. The summed E-state index contributed by atoms with van der Waals surface area (Å²) in [6, 6.07) is 2.70. The Morgan fingerprint density at radius 3 is 2.50 bits per heavy atom. The Kier molecular flexibility index (Phi) is 3.89. The summed E-state index contributed by atoms with van der Waals surface area (Å²) in [4.78, 5) is 0. The maximum Gasteiger partial charge on any atom is 0.0116 e. The van der Waals surface area contributed by atoms with E-state index < -0.39 is 0 Å². The molecule has 6 heavy (non-hydrogen) atoms. The molecule has 0 radical (unpaired) electrons. The molecule has 0 atom stereocenters. The predicted octanol–water partition coefficient (Wildman–Crippen LogP) is 0.577. The van der Waals surface area contributed by atoms with Crippen molar-refractivity contribution < 1.29 is 0 Å². The van der Waals surface area contributed by atoms with E-state index in [-0.39, 0.29) is 0 Å². The summed E-state index contributed by atoms with van der Waals surface area (Å²) in [5.41, 5.74) is 0. The highest BCUT2D eigenvalue weighted by Crippen LogP contribution is 1.61. The molecule has 0 amide bonds. The first-order valence-corrected chi connectivity index (χ1v) is 2.06. The summed E-state index contributed by atoms with van der Waals surface area (Å²) in [7, 11) is 1.81. The minimum Gasteiger partial charge on any atom is -0.349 e. The van der Waals surface area contributed by atoms with Gasteiger partial charge < -0.3 is 5.32 Å². The first-order chi connectivity index (χ1) is 2.91. The van der Waals surface area contributed by atoms with Crippen LogP contribution >= 0.6 is 0 Å². The van der Waals surface area contributed by atoms with Crippen LogP contribution in [0, 0.1) is 12.0 Å². The van der Waals surface area contributed by atoms with Gasteiger partial charge in [0.15, 0.2) is 0 Å². The van der Waals surface area contributed by atoms with Crippen LogP contribution in [0.2, 0.25) is 0 Å². The molecule has 0 aromatic carbocycles. The van der Waals surface area contributed by atoms with E-state index in [1.807, 2.05) is 14.0 Å². The Labute approximate surface area is 38.7 Å². The maximum atomic E-state index is 2.84. The first-order valence-electron chi connectivity index (χ1n) is 2.06. The van der Waals surface area contributed by atoms with Gasteiger partial charge in [0.25, 0.3) is 0 Å². The molecule has 1 N–H and O–H groups in total. The van der Waals surface area contributed by atoms with Gasteiger partial charge in [-0.3, -0.25) is 0 Å². The van der Waals surface area contributed by atoms with Crippen molar-refractivity contribution in [2.75, 3.05) is 7.05 Å². The molecule has 34 valence electrons. The highest BCUT2D eigenvalue weighted by molar-refractivity contribution is 4.93. The number of hydrogen-bond donors (Lipinski definition) is 1. The third-order valence-electron chi connectivity index (χ3n) is 0.390. The van der Waals surface area contributed by atoms with Crippen LogP contribution in [-0.4, -0.2) is 7.05 Å². The van der Waals surface area contributed by atoms with Crippen molar-refractivity contribution in [1.82, 2.24) is 5.32 Å². The van der Waals surface area contributed by atoms with Crippen LogP contribution in [0.1, 0.15) is 13.3 Å². The van der Waals surface area contributed by atoms with Crippen molar-refractivity contribution in [3.05, 3.63) is 0 Å². The van der Waals surface area contributed by atoms with Gasteiger partial charge in [0, 0.05) is 19.5 Å². The molecule has 0 bridgehead atoms. The van der Waals surface area contributed by atoms with Crippen LogP contribution in [-0.2, 0) is 0 Å². The molecule has 0 aromatic heterocycles. The lowest BCUT2D eigenvalue weighted by molar-refractivity contribution is 1.14. The first kappa shape index (κ1) is 5.36. The third kappa shape index (κ3) is 3.36. The maximum absolute atomic E-state index is 2.84. The fraction of sp³-hybridized carbons (Fsp3) is 0.600. The zero-order chi connectivity index (χ0) is 4.83. The topological polar surface area (TPSA) is 12.0 Å². The zero-order valence-corrected chi connectivity index (χ0v) is 4.21. The molecule has 1 heteroatoms. The van der Waals surface area contributed by atoms with Gasteiger partial charge in [0.1, 0.15) is 0 Å². The lowest BCUT2D eigenvalue weighted by Crippen LogP contribution is -1.90. The Bertz CT molecular complexity index is 57.7. The van der Waals surface area contributed by atoms with E-state index in [4.69, 9.17) is 0 Å². The molecule has 0 rings (SSSR count). The highest BCUT2D eigenvalue weighted by atomic mass is 14.8. The minimum atomic E-state index is 0.931. The van der Waals surface area contributed by atoms with Gasteiger partial charge in [-0.2, -0.15) is 0 Å². The summed E-state index contributed by atoms with van der Waals surface area (Å²) in [5.74, 6) is 2.84. The van der Waals surface area contributed by atoms with E-state index in [1.54, 1.807) is 0 Å². The van der Waals surface area contributed by atoms with Crippen molar-refractivity contribution >= 4 is 0 Å². The van der Waals surface area contributed by atoms with Gasteiger partial charge in [0.05, 0.1) is 0 Å². The average molecular weight is 83.1 g/mol. The largest absolute Gasteiger partial charge is 0.349 e. The molecule has 0 heterocycles. The Hall–Kier alpha value is -0.640. The van der Waals surface area contributed by atoms with Crippen molar-refractivity contribution in [2.24, 2.45) is 0 Å². The molecule has 0 aliphatic carbocycles. The van der Waals surface area contributed by atoms with Gasteiger partial charge in [-0.1, -0.05) is 12.8 Å². The van der Waals surface area contributed by atoms with Gasteiger partial charge in [-0.05, 0) is 0 Å². The van der Waals surface area contributed by atoms with Gasteiger partial charge in [-0.15, -0.1) is 0 Å². The normalized spacial score (nSPS) is 5.67. The average Bonchev–Trinajstić information content (AvgIpc) is 1.61. The summed E-state index contributed by atoms with van der Waals surface area (Å²) in [6.07, 6.45) is 0.931. The van der Waals surface area contributed by atoms with Crippen LogP contribution in [0.3, 0.4) is 0 Å². The lowest BCUT2D eigenvalue weighted by atomic mass is 10.5. The zero-order valence-electron chi connectivity index (χ0n) is 4.21. The van der Waals surface area contributed by atoms with Gasteiger partial charge >= 0.3 is 0 Å². The Morgan fingerprint density at radius 2 is 2.33 bits per heavy atom. The number of hydrogen-bond acceptors (Lipinski definition) is 1. The minimum absolute atomic E-state index is 0.931. The second-order valence-electron chi connectivity index (χ2n) is 0.905. The summed E-state index contributed by atoms with van der Waals surface area (Å²) in [6.45, 7) is 2.02. The van der Waals surface area contributed by atoms with E-state index in [0.29, 0.717) is 0 Å². The van der Waals surface area contributed by atoms with Crippen LogP contribution in [0.5, 0.6) is 0 Å².